The maximum absolute atomic E-state index is 14.9. The van der Waals surface area contributed by atoms with Crippen molar-refractivity contribution in [1.82, 2.24) is 31.5 Å². The molecule has 1 aliphatic carbocycles. The number of carboxylic acids is 1. The summed E-state index contributed by atoms with van der Waals surface area (Å²) in [5.41, 5.74) is 3.50. The van der Waals surface area contributed by atoms with Crippen LogP contribution in [-0.4, -0.2) is 106 Å². The van der Waals surface area contributed by atoms with Gasteiger partial charge in [-0.1, -0.05) is 92.2 Å². The van der Waals surface area contributed by atoms with Crippen LogP contribution in [-0.2, 0) is 63.9 Å². The number of hydrogen-bond donors (Lipinski definition) is 7. The van der Waals surface area contributed by atoms with Gasteiger partial charge in [0.05, 0.1) is 0 Å². The van der Waals surface area contributed by atoms with E-state index in [4.69, 9.17) is 0 Å². The highest BCUT2D eigenvalue weighted by Gasteiger charge is 2.48. The molecular formula is C56H66N6O11S2. The summed E-state index contributed by atoms with van der Waals surface area (Å²) in [5.74, 6) is -5.23. The Labute approximate surface area is 441 Å². The van der Waals surface area contributed by atoms with Gasteiger partial charge < -0.3 is 36.6 Å². The minimum Gasteiger partial charge on any atom is -0.481 e. The number of carbonyl (C=O) groups excluding carboxylic acids is 6. The maximum Gasteiger partial charge on any atom is 0.303 e. The molecule has 0 radical (unpaired) electrons. The number of benzene rings is 4. The number of carbonyl (C=O) groups is 7. The first kappa shape index (κ1) is 55.8. The SMILES string of the molecule is CCC[C@H](NC(=O)[C@H](Cc1ccc(CS(=O)(=O)O)cc1)NC(=O)c1cccc2c1-c1ccccc1C2)C(=O)N1CCC[C@@]1(C)C(=O)N[C@@H](Cc1csc2ccccc12)C(=O)N[C@@H](CCCC(=O)O)C(=O)NC(C)(C)C. The Morgan fingerprint density at radius 1 is 0.747 bits per heavy atom. The molecule has 0 spiro atoms. The van der Waals surface area contributed by atoms with Gasteiger partial charge >= 0.3 is 5.97 Å². The van der Waals surface area contributed by atoms with E-state index in [-0.39, 0.29) is 51.5 Å². The van der Waals surface area contributed by atoms with Crippen LogP contribution in [0.25, 0.3) is 21.2 Å². The monoisotopic (exact) mass is 1060 g/mol. The summed E-state index contributed by atoms with van der Waals surface area (Å²) >= 11 is 1.47. The molecular weight excluding hydrogens is 997 g/mol. The number of hydrogen-bond acceptors (Lipinski definition) is 10. The number of amides is 6. The molecule has 5 atom stereocenters. The molecule has 0 bridgehead atoms. The largest absolute Gasteiger partial charge is 0.481 e. The number of nitrogens with one attached hydrogen (secondary N) is 5. The molecule has 75 heavy (non-hydrogen) atoms. The van der Waals surface area contributed by atoms with Gasteiger partial charge in [-0.3, -0.25) is 38.1 Å². The maximum atomic E-state index is 14.9. The summed E-state index contributed by atoms with van der Waals surface area (Å²) in [6, 6.07) is 22.3. The van der Waals surface area contributed by atoms with Gasteiger partial charge in [0.15, 0.2) is 0 Å². The summed E-state index contributed by atoms with van der Waals surface area (Å²) in [6.45, 7) is 8.96. The summed E-state index contributed by atoms with van der Waals surface area (Å²) < 4.78 is 33.6. The Morgan fingerprint density at radius 3 is 2.09 bits per heavy atom. The summed E-state index contributed by atoms with van der Waals surface area (Å²) in [4.78, 5) is 99.8. The molecule has 7 rings (SSSR count). The van der Waals surface area contributed by atoms with Crippen LogP contribution in [0.2, 0.25) is 0 Å². The Kier molecular flexibility index (Phi) is 17.6. The van der Waals surface area contributed by atoms with E-state index in [1.807, 2.05) is 66.9 Å². The van der Waals surface area contributed by atoms with Gasteiger partial charge in [-0.05, 0) is 128 Å². The zero-order valence-electron chi connectivity index (χ0n) is 42.9. The molecule has 0 unspecified atom stereocenters. The van der Waals surface area contributed by atoms with Crippen LogP contribution in [0, 0.1) is 0 Å². The molecule has 19 heteroatoms. The van der Waals surface area contributed by atoms with Crippen molar-refractivity contribution < 1.29 is 51.6 Å². The number of thiophene rings is 1. The predicted octanol–water partition coefficient (Wildman–Crippen LogP) is 6.25. The first-order valence-electron chi connectivity index (χ1n) is 25.3. The number of rotatable bonds is 22. The van der Waals surface area contributed by atoms with E-state index in [1.165, 1.54) is 28.4 Å². The first-order chi connectivity index (χ1) is 35.5. The van der Waals surface area contributed by atoms with Gasteiger partial charge in [-0.2, -0.15) is 8.42 Å². The van der Waals surface area contributed by atoms with Crippen molar-refractivity contribution in [2.24, 2.45) is 0 Å². The fourth-order valence-corrected chi connectivity index (χ4v) is 11.6. The predicted molar refractivity (Wildman–Crippen MR) is 286 cm³/mol. The summed E-state index contributed by atoms with van der Waals surface area (Å²) in [7, 11) is -4.32. The number of likely N-dealkylation sites (tertiary alicyclic amines) is 1. The lowest BCUT2D eigenvalue weighted by Crippen LogP contribution is -2.63. The Bertz CT molecular complexity index is 3080. The van der Waals surface area contributed by atoms with Crippen LogP contribution in [0.3, 0.4) is 0 Å². The lowest BCUT2D eigenvalue weighted by atomic mass is 9.94. The molecule has 2 heterocycles. The second-order valence-corrected chi connectivity index (χ2v) is 23.1. The molecule has 1 aliphatic heterocycles. The zero-order valence-corrected chi connectivity index (χ0v) is 44.5. The van der Waals surface area contributed by atoms with E-state index in [0.717, 1.165) is 37.9 Å². The number of fused-ring (bicyclic) bond motifs is 4. The van der Waals surface area contributed by atoms with E-state index >= 15 is 0 Å². The smallest absolute Gasteiger partial charge is 0.303 e. The van der Waals surface area contributed by atoms with Crippen molar-refractivity contribution in [3.63, 3.8) is 0 Å². The van der Waals surface area contributed by atoms with Gasteiger partial charge in [-0.25, -0.2) is 0 Å². The van der Waals surface area contributed by atoms with Gasteiger partial charge in [0.1, 0.15) is 35.5 Å². The standard InChI is InChI=1S/C56H66N6O11S2/c1-6-14-43(58-50(66)44(29-34-23-25-35(26-24-34)33-75(71,72)73)59-49(65)41-19-11-16-37-30-36-15-7-8-18-40(36)48(37)41)53(69)62-28-13-27-56(62,5)54(70)60-45(31-38-32-74-46-21-10-9-17-39(38)46)51(67)57-42(20-12-22-47(63)64)52(68)61-55(2,3)4/h7-11,15-19,21,23-26,32,42-45H,6,12-14,20,22,27-31,33H2,1-5H3,(H,57,67)(H,58,66)(H,59,65)(H,60,70)(H,61,68)(H,63,64)(H,71,72,73)/t42-,43-,44-,45-,56-/m0/s1. The molecule has 1 saturated heterocycles. The van der Waals surface area contributed by atoms with Crippen molar-refractivity contribution in [3.8, 4) is 11.1 Å². The Hall–Kier alpha value is -6.96. The average molecular weight is 1060 g/mol. The quantitative estimate of drug-likeness (QED) is 0.0374. The number of aliphatic carboxylic acids is 1. The fourth-order valence-electron chi connectivity index (χ4n) is 9.99. The molecule has 398 valence electrons. The topological polar surface area (TPSA) is 257 Å². The minimum absolute atomic E-state index is 0.0170. The molecule has 6 amide bonds. The van der Waals surface area contributed by atoms with Crippen LogP contribution in [0.15, 0.2) is 96.4 Å². The van der Waals surface area contributed by atoms with E-state index < -0.39 is 92.5 Å². The average Bonchev–Trinajstić information content (AvgIpc) is 4.07. The van der Waals surface area contributed by atoms with Crippen LogP contribution in [0.1, 0.15) is 118 Å². The zero-order chi connectivity index (χ0) is 54.2. The van der Waals surface area contributed by atoms with E-state index in [0.29, 0.717) is 36.0 Å². The molecule has 0 saturated carbocycles. The molecule has 2 aliphatic rings. The highest BCUT2D eigenvalue weighted by atomic mass is 32.2. The van der Waals surface area contributed by atoms with Crippen molar-refractivity contribution in [2.75, 3.05) is 6.54 Å². The van der Waals surface area contributed by atoms with Crippen molar-refractivity contribution in [1.29, 1.82) is 0 Å². The van der Waals surface area contributed by atoms with Gasteiger partial charge in [0, 0.05) is 41.6 Å². The minimum atomic E-state index is -4.32. The van der Waals surface area contributed by atoms with Gasteiger partial charge in [0.2, 0.25) is 29.5 Å². The second-order valence-electron chi connectivity index (χ2n) is 20.7. The summed E-state index contributed by atoms with van der Waals surface area (Å²) in [5, 5.41) is 26.6. The fraction of sp³-hybridized carbons (Fsp3) is 0.411. The summed E-state index contributed by atoms with van der Waals surface area (Å²) in [6.07, 6.45) is 1.73. The van der Waals surface area contributed by atoms with Gasteiger partial charge in [0.25, 0.3) is 16.0 Å². The van der Waals surface area contributed by atoms with Crippen LogP contribution in [0.5, 0.6) is 0 Å². The molecule has 1 fully saturated rings. The third kappa shape index (κ3) is 14.1. The number of carboxylic acid groups (broad SMARTS) is 1. The molecule has 7 N–H and O–H groups in total. The van der Waals surface area contributed by atoms with Crippen LogP contribution < -0.4 is 26.6 Å². The lowest BCUT2D eigenvalue weighted by Gasteiger charge is -2.37. The van der Waals surface area contributed by atoms with Crippen molar-refractivity contribution >= 4 is 73.0 Å². The highest BCUT2D eigenvalue weighted by Crippen LogP contribution is 2.39. The molecule has 17 nitrogen and oxygen atoms in total. The Balaban J connectivity index is 1.14. The van der Waals surface area contributed by atoms with Crippen LogP contribution in [0.4, 0.5) is 0 Å². The molecule has 1 aromatic heterocycles. The van der Waals surface area contributed by atoms with E-state index in [9.17, 15) is 51.6 Å². The second kappa shape index (κ2) is 23.7. The van der Waals surface area contributed by atoms with E-state index in [1.54, 1.807) is 52.0 Å². The van der Waals surface area contributed by atoms with E-state index in [2.05, 4.69) is 26.6 Å². The third-order valence-electron chi connectivity index (χ3n) is 13.7. The molecule has 4 aromatic carbocycles. The van der Waals surface area contributed by atoms with Crippen LogP contribution >= 0.6 is 11.3 Å². The number of nitrogens with zero attached hydrogens (tertiary/aromatic N) is 1. The lowest BCUT2D eigenvalue weighted by molar-refractivity contribution is -0.147. The highest BCUT2D eigenvalue weighted by molar-refractivity contribution is 7.85. The first-order valence-corrected chi connectivity index (χ1v) is 27.8. The van der Waals surface area contributed by atoms with Crippen molar-refractivity contribution in [3.05, 3.63) is 130 Å². The Morgan fingerprint density at radius 2 is 1.40 bits per heavy atom. The van der Waals surface area contributed by atoms with Crippen molar-refractivity contribution in [2.45, 2.75) is 140 Å². The molecule has 5 aromatic rings. The van der Waals surface area contributed by atoms with Gasteiger partial charge in [-0.15, -0.1) is 11.3 Å². The normalized spacial score (nSPS) is 16.7. The third-order valence-corrected chi connectivity index (χ3v) is 15.4.